The summed E-state index contributed by atoms with van der Waals surface area (Å²) in [6.45, 7) is 2.99. The Hall–Kier alpha value is -0.830. The van der Waals surface area contributed by atoms with Gasteiger partial charge in [-0.2, -0.15) is 0 Å². The van der Waals surface area contributed by atoms with Crippen LogP contribution in [0, 0.1) is 6.92 Å². The Bertz CT molecular complexity index is 583. The van der Waals surface area contributed by atoms with E-state index in [0.717, 1.165) is 22.5 Å². The third-order valence-corrected chi connectivity index (χ3v) is 4.54. The SMILES string of the molecule is CNCC(Cc1ccc(C)cc1Cl)c1ccccc1Br. The highest BCUT2D eigenvalue weighted by Crippen LogP contribution is 2.30. The number of likely N-dealkylation sites (N-methyl/N-ethyl adjacent to an activating group) is 1. The maximum absolute atomic E-state index is 6.37. The molecule has 0 saturated heterocycles. The second-order valence-corrected chi connectivity index (χ2v) is 6.34. The van der Waals surface area contributed by atoms with Crippen LogP contribution in [0.2, 0.25) is 5.02 Å². The largest absolute Gasteiger partial charge is 0.319 e. The highest BCUT2D eigenvalue weighted by atomic mass is 79.9. The summed E-state index contributed by atoms with van der Waals surface area (Å²) in [5.41, 5.74) is 3.72. The first-order valence-corrected chi connectivity index (χ1v) is 7.93. The van der Waals surface area contributed by atoms with Gasteiger partial charge in [-0.05, 0) is 49.2 Å². The van der Waals surface area contributed by atoms with Gasteiger partial charge >= 0.3 is 0 Å². The Morgan fingerprint density at radius 1 is 1.20 bits per heavy atom. The molecular formula is C17H19BrClN. The van der Waals surface area contributed by atoms with E-state index in [-0.39, 0.29) is 0 Å². The Balaban J connectivity index is 2.28. The molecule has 2 aromatic rings. The summed E-state index contributed by atoms with van der Waals surface area (Å²) in [6, 6.07) is 14.7. The van der Waals surface area contributed by atoms with E-state index in [1.807, 2.05) is 19.2 Å². The Morgan fingerprint density at radius 3 is 2.60 bits per heavy atom. The molecule has 0 bridgehead atoms. The molecular weight excluding hydrogens is 334 g/mol. The molecule has 3 heteroatoms. The summed E-state index contributed by atoms with van der Waals surface area (Å²) in [5, 5.41) is 4.14. The molecule has 0 aliphatic heterocycles. The fourth-order valence-corrected chi connectivity index (χ4v) is 3.35. The van der Waals surface area contributed by atoms with Crippen molar-refractivity contribution in [3.63, 3.8) is 0 Å². The molecule has 20 heavy (non-hydrogen) atoms. The lowest BCUT2D eigenvalue weighted by Crippen LogP contribution is -2.19. The van der Waals surface area contributed by atoms with Gasteiger partial charge in [0.05, 0.1) is 0 Å². The molecule has 0 amide bonds. The lowest BCUT2D eigenvalue weighted by Gasteiger charge is -2.19. The van der Waals surface area contributed by atoms with Gasteiger partial charge in [-0.25, -0.2) is 0 Å². The second-order valence-electron chi connectivity index (χ2n) is 5.08. The van der Waals surface area contributed by atoms with Crippen LogP contribution in [0.1, 0.15) is 22.6 Å². The van der Waals surface area contributed by atoms with Crippen molar-refractivity contribution in [2.24, 2.45) is 0 Å². The maximum Gasteiger partial charge on any atom is 0.0440 e. The number of halogens is 2. The van der Waals surface area contributed by atoms with Crippen LogP contribution < -0.4 is 5.32 Å². The maximum atomic E-state index is 6.37. The highest BCUT2D eigenvalue weighted by Gasteiger charge is 2.15. The summed E-state index contributed by atoms with van der Waals surface area (Å²) < 4.78 is 1.16. The van der Waals surface area contributed by atoms with Crippen LogP contribution in [0.25, 0.3) is 0 Å². The van der Waals surface area contributed by atoms with Gasteiger partial charge < -0.3 is 5.32 Å². The Morgan fingerprint density at radius 2 is 1.95 bits per heavy atom. The Kier molecular flexibility index (Phi) is 5.64. The lowest BCUT2D eigenvalue weighted by atomic mass is 9.91. The Labute approximate surface area is 134 Å². The zero-order chi connectivity index (χ0) is 14.5. The fourth-order valence-electron chi connectivity index (χ4n) is 2.43. The smallest absolute Gasteiger partial charge is 0.0440 e. The van der Waals surface area contributed by atoms with Crippen molar-refractivity contribution in [1.29, 1.82) is 0 Å². The molecule has 2 rings (SSSR count). The van der Waals surface area contributed by atoms with Gasteiger partial charge in [0.25, 0.3) is 0 Å². The van der Waals surface area contributed by atoms with Gasteiger partial charge in [-0.15, -0.1) is 0 Å². The fraction of sp³-hybridized carbons (Fsp3) is 0.294. The molecule has 0 aliphatic rings. The van der Waals surface area contributed by atoms with Gasteiger partial charge in [0.1, 0.15) is 0 Å². The second kappa shape index (κ2) is 7.26. The first kappa shape index (κ1) is 15.6. The third-order valence-electron chi connectivity index (χ3n) is 3.47. The minimum absolute atomic E-state index is 0.399. The average molecular weight is 353 g/mol. The van der Waals surface area contributed by atoms with E-state index in [0.29, 0.717) is 5.92 Å². The van der Waals surface area contributed by atoms with Gasteiger partial charge in [0, 0.05) is 22.0 Å². The predicted octanol–water partition coefficient (Wildman–Crippen LogP) is 4.96. The van der Waals surface area contributed by atoms with Crippen LogP contribution in [0.3, 0.4) is 0 Å². The van der Waals surface area contributed by atoms with Crippen LogP contribution in [0.4, 0.5) is 0 Å². The number of nitrogens with one attached hydrogen (secondary N) is 1. The van der Waals surface area contributed by atoms with Crippen LogP contribution >= 0.6 is 27.5 Å². The molecule has 1 N–H and O–H groups in total. The summed E-state index contributed by atoms with van der Waals surface area (Å²) >= 11 is 10.0. The monoisotopic (exact) mass is 351 g/mol. The van der Waals surface area contributed by atoms with Gasteiger partial charge in [-0.3, -0.25) is 0 Å². The minimum Gasteiger partial charge on any atom is -0.319 e. The number of benzene rings is 2. The number of aryl methyl sites for hydroxylation is 1. The number of hydrogen-bond acceptors (Lipinski definition) is 1. The summed E-state index contributed by atoms with van der Waals surface area (Å²) in [4.78, 5) is 0. The van der Waals surface area contributed by atoms with Crippen molar-refractivity contribution in [2.45, 2.75) is 19.3 Å². The van der Waals surface area contributed by atoms with E-state index in [1.54, 1.807) is 0 Å². The van der Waals surface area contributed by atoms with Crippen molar-refractivity contribution >= 4 is 27.5 Å². The molecule has 0 heterocycles. The van der Waals surface area contributed by atoms with Crippen molar-refractivity contribution in [3.8, 4) is 0 Å². The van der Waals surface area contributed by atoms with Gasteiger partial charge in [0.2, 0.25) is 0 Å². The third kappa shape index (κ3) is 3.85. The molecule has 0 aromatic heterocycles. The topological polar surface area (TPSA) is 12.0 Å². The van der Waals surface area contributed by atoms with Crippen LogP contribution in [-0.2, 0) is 6.42 Å². The van der Waals surface area contributed by atoms with E-state index in [9.17, 15) is 0 Å². The van der Waals surface area contributed by atoms with E-state index >= 15 is 0 Å². The van der Waals surface area contributed by atoms with Crippen molar-refractivity contribution < 1.29 is 0 Å². The summed E-state index contributed by atoms with van der Waals surface area (Å²) in [6.07, 6.45) is 0.933. The zero-order valence-corrected chi connectivity index (χ0v) is 14.1. The van der Waals surface area contributed by atoms with Gasteiger partial charge in [0.15, 0.2) is 0 Å². The first-order valence-electron chi connectivity index (χ1n) is 6.76. The van der Waals surface area contributed by atoms with Gasteiger partial charge in [-0.1, -0.05) is 57.9 Å². The van der Waals surface area contributed by atoms with Crippen LogP contribution in [-0.4, -0.2) is 13.6 Å². The summed E-state index contributed by atoms with van der Waals surface area (Å²) in [5.74, 6) is 0.399. The molecule has 1 unspecified atom stereocenters. The molecule has 0 spiro atoms. The van der Waals surface area contributed by atoms with Crippen LogP contribution in [0.15, 0.2) is 46.9 Å². The normalized spacial score (nSPS) is 12.4. The standard InChI is InChI=1S/C17H19BrClN/c1-12-7-8-13(17(19)9-12)10-14(11-20-2)15-5-3-4-6-16(15)18/h3-9,14,20H,10-11H2,1-2H3. The summed E-state index contributed by atoms with van der Waals surface area (Å²) in [7, 11) is 1.99. The predicted molar refractivity (Wildman–Crippen MR) is 90.7 cm³/mol. The minimum atomic E-state index is 0.399. The first-order chi connectivity index (χ1) is 9.61. The van der Waals surface area contributed by atoms with Crippen molar-refractivity contribution in [3.05, 3.63) is 68.7 Å². The van der Waals surface area contributed by atoms with Crippen molar-refractivity contribution in [1.82, 2.24) is 5.32 Å². The molecule has 0 radical (unpaired) electrons. The zero-order valence-electron chi connectivity index (χ0n) is 11.8. The molecule has 106 valence electrons. The number of hydrogen-bond donors (Lipinski definition) is 1. The highest BCUT2D eigenvalue weighted by molar-refractivity contribution is 9.10. The average Bonchev–Trinajstić information content (AvgIpc) is 2.42. The van der Waals surface area contributed by atoms with E-state index in [1.165, 1.54) is 16.7 Å². The van der Waals surface area contributed by atoms with Crippen LogP contribution in [0.5, 0.6) is 0 Å². The molecule has 0 fully saturated rings. The molecule has 2 aromatic carbocycles. The van der Waals surface area contributed by atoms with E-state index in [2.05, 4.69) is 58.5 Å². The molecule has 1 nitrogen and oxygen atoms in total. The van der Waals surface area contributed by atoms with E-state index < -0.39 is 0 Å². The van der Waals surface area contributed by atoms with E-state index in [4.69, 9.17) is 11.6 Å². The quantitative estimate of drug-likeness (QED) is 0.802. The van der Waals surface area contributed by atoms with Crippen molar-refractivity contribution in [2.75, 3.05) is 13.6 Å². The molecule has 0 aliphatic carbocycles. The molecule has 0 saturated carbocycles. The molecule has 1 atom stereocenters. The number of rotatable bonds is 5. The lowest BCUT2D eigenvalue weighted by molar-refractivity contribution is 0.623.